The lowest BCUT2D eigenvalue weighted by molar-refractivity contribution is -0.113. The normalized spacial score (nSPS) is 15.7. The molecule has 0 radical (unpaired) electrons. The first kappa shape index (κ1) is 29.8. The number of rotatable bonds is 12. The van der Waals surface area contributed by atoms with E-state index in [9.17, 15) is 14.7 Å². The van der Waals surface area contributed by atoms with Crippen LogP contribution in [0, 0.1) is 0 Å². The second-order valence-corrected chi connectivity index (χ2v) is 9.54. The topological polar surface area (TPSA) is 120 Å². The molecule has 9 heteroatoms. The van der Waals surface area contributed by atoms with Crippen LogP contribution in [0.2, 0.25) is 0 Å². The third-order valence-corrected chi connectivity index (χ3v) is 6.52. The highest BCUT2D eigenvalue weighted by molar-refractivity contribution is 6.04. The minimum Gasteiger partial charge on any atom is -0.402 e. The van der Waals surface area contributed by atoms with E-state index >= 15 is 0 Å². The van der Waals surface area contributed by atoms with Crippen LogP contribution in [0.25, 0.3) is 0 Å². The molecule has 39 heavy (non-hydrogen) atoms. The second kappa shape index (κ2) is 15.0. The van der Waals surface area contributed by atoms with Gasteiger partial charge in [0.1, 0.15) is 12.1 Å². The number of amidine groups is 1. The highest BCUT2D eigenvalue weighted by atomic mass is 16.5. The molecule has 0 aromatic heterocycles. The lowest BCUT2D eigenvalue weighted by Crippen LogP contribution is -2.38. The molecule has 2 aromatic carbocycles. The number of aldehydes is 1. The number of hydrogen-bond acceptors (Lipinski definition) is 7. The van der Waals surface area contributed by atoms with Crippen LogP contribution in [0.4, 0.5) is 11.4 Å². The molecule has 208 valence electrons. The lowest BCUT2D eigenvalue weighted by atomic mass is 9.86. The number of nitrogens with zero attached hydrogens (tertiary/aromatic N) is 3. The number of anilines is 1. The molecule has 1 unspecified atom stereocenters. The predicted molar refractivity (Wildman–Crippen MR) is 155 cm³/mol. The zero-order valence-corrected chi connectivity index (χ0v) is 22.8. The number of carbonyl (C=O) groups excluding carboxylic acids is 2. The van der Waals surface area contributed by atoms with Gasteiger partial charge in [0, 0.05) is 68.1 Å². The van der Waals surface area contributed by atoms with Crippen LogP contribution in [0.1, 0.15) is 24.8 Å². The van der Waals surface area contributed by atoms with E-state index in [1.54, 1.807) is 13.0 Å². The van der Waals surface area contributed by atoms with Crippen LogP contribution < -0.4 is 11.1 Å². The summed E-state index contributed by atoms with van der Waals surface area (Å²) in [7, 11) is 1.83. The third-order valence-electron chi connectivity index (χ3n) is 6.52. The zero-order chi connectivity index (χ0) is 28.2. The third kappa shape index (κ3) is 8.61. The van der Waals surface area contributed by atoms with Crippen LogP contribution in [-0.2, 0) is 14.3 Å². The maximum absolute atomic E-state index is 12.9. The molecular formula is C30H39N5O4. The number of likely N-dealkylation sites (N-methyl/N-ethyl adjacent to an activating group) is 1. The van der Waals surface area contributed by atoms with Crippen molar-refractivity contribution in [1.82, 2.24) is 9.80 Å². The van der Waals surface area contributed by atoms with Crippen LogP contribution in [-0.4, -0.2) is 86.0 Å². The molecule has 1 fully saturated rings. The first-order valence-electron chi connectivity index (χ1n) is 13.1. The summed E-state index contributed by atoms with van der Waals surface area (Å²) in [6.45, 7) is 9.31. The van der Waals surface area contributed by atoms with Gasteiger partial charge in [-0.25, -0.2) is 4.99 Å². The molecule has 1 saturated heterocycles. The number of amides is 1. The molecule has 0 saturated carbocycles. The van der Waals surface area contributed by atoms with Crippen molar-refractivity contribution in [3.8, 4) is 0 Å². The predicted octanol–water partition coefficient (Wildman–Crippen LogP) is 3.07. The maximum atomic E-state index is 12.9. The van der Waals surface area contributed by atoms with Gasteiger partial charge in [0.05, 0.1) is 25.5 Å². The number of carbonyl (C=O) groups is 2. The Kier molecular flexibility index (Phi) is 11.4. The van der Waals surface area contributed by atoms with E-state index in [0.29, 0.717) is 54.7 Å². The molecule has 0 spiro atoms. The molecule has 4 N–H and O–H groups in total. The van der Waals surface area contributed by atoms with Crippen LogP contribution >= 0.6 is 0 Å². The van der Waals surface area contributed by atoms with Gasteiger partial charge in [-0.05, 0) is 36.8 Å². The molecule has 1 heterocycles. The van der Waals surface area contributed by atoms with Crippen molar-refractivity contribution in [1.29, 1.82) is 0 Å². The SMILES string of the molecule is C=C(CN1CCOCC1)C(=O)Nc1cccc(C(CC=O)/C(C(=Nc2ccccc2)N(C)CCO)=C(\C)N)c1. The largest absolute Gasteiger partial charge is 0.402 e. The van der Waals surface area contributed by atoms with E-state index in [0.717, 1.165) is 30.6 Å². The summed E-state index contributed by atoms with van der Waals surface area (Å²) in [6, 6.07) is 16.8. The first-order chi connectivity index (χ1) is 18.8. The number of morpholine rings is 1. The Morgan fingerprint density at radius 3 is 2.59 bits per heavy atom. The summed E-state index contributed by atoms with van der Waals surface area (Å²) in [5.41, 5.74) is 10.2. The number of nitrogens with two attached hydrogens (primary N) is 1. The number of ether oxygens (including phenoxy) is 1. The second-order valence-electron chi connectivity index (χ2n) is 9.54. The minimum atomic E-state index is -0.426. The average Bonchev–Trinajstić information content (AvgIpc) is 2.93. The molecule has 3 rings (SSSR count). The number of aliphatic imine (C=N–C) groups is 1. The molecule has 1 atom stereocenters. The molecule has 0 bridgehead atoms. The van der Waals surface area contributed by atoms with Gasteiger partial charge in [-0.1, -0.05) is 36.9 Å². The van der Waals surface area contributed by atoms with Gasteiger partial charge in [0.25, 0.3) is 5.91 Å². The molecule has 2 aromatic rings. The Bertz CT molecular complexity index is 1180. The summed E-state index contributed by atoms with van der Waals surface area (Å²) in [5, 5.41) is 12.6. The molecular weight excluding hydrogens is 494 g/mol. The highest BCUT2D eigenvalue weighted by Gasteiger charge is 2.26. The fourth-order valence-electron chi connectivity index (χ4n) is 4.51. The van der Waals surface area contributed by atoms with Gasteiger partial charge in [0.15, 0.2) is 0 Å². The molecule has 1 aliphatic heterocycles. The Labute approximate surface area is 230 Å². The maximum Gasteiger partial charge on any atom is 0.252 e. The fraction of sp³-hybridized carbons (Fsp3) is 0.367. The van der Waals surface area contributed by atoms with Crippen molar-refractivity contribution < 1.29 is 19.4 Å². The minimum absolute atomic E-state index is 0.0740. The van der Waals surface area contributed by atoms with Gasteiger partial charge in [-0.2, -0.15) is 0 Å². The first-order valence-corrected chi connectivity index (χ1v) is 13.1. The Balaban J connectivity index is 1.92. The van der Waals surface area contributed by atoms with Crippen molar-refractivity contribution >= 4 is 29.4 Å². The summed E-state index contributed by atoms with van der Waals surface area (Å²) in [4.78, 5) is 33.6. The van der Waals surface area contributed by atoms with Crippen molar-refractivity contribution in [3.05, 3.63) is 83.6 Å². The van der Waals surface area contributed by atoms with Crippen molar-refractivity contribution in [2.24, 2.45) is 10.7 Å². The van der Waals surface area contributed by atoms with E-state index < -0.39 is 5.92 Å². The fourth-order valence-corrected chi connectivity index (χ4v) is 4.51. The molecule has 9 nitrogen and oxygen atoms in total. The van der Waals surface area contributed by atoms with Gasteiger partial charge in [-0.3, -0.25) is 9.69 Å². The average molecular weight is 534 g/mol. The number of para-hydroxylation sites is 1. The van der Waals surface area contributed by atoms with E-state index in [4.69, 9.17) is 15.5 Å². The van der Waals surface area contributed by atoms with E-state index in [1.807, 2.05) is 60.5 Å². The molecule has 0 aliphatic carbocycles. The lowest BCUT2D eigenvalue weighted by Gasteiger charge is -2.29. The summed E-state index contributed by atoms with van der Waals surface area (Å²) in [5.74, 6) is -0.120. The van der Waals surface area contributed by atoms with Crippen LogP contribution in [0.15, 0.2) is 83.0 Å². The van der Waals surface area contributed by atoms with Crippen molar-refractivity contribution in [2.45, 2.75) is 19.3 Å². The van der Waals surface area contributed by atoms with E-state index in [2.05, 4.69) is 16.8 Å². The van der Waals surface area contributed by atoms with Gasteiger partial charge in [-0.15, -0.1) is 0 Å². The smallest absolute Gasteiger partial charge is 0.252 e. The summed E-state index contributed by atoms with van der Waals surface area (Å²) in [6.07, 6.45) is 1.01. The quantitative estimate of drug-likeness (QED) is 0.166. The van der Waals surface area contributed by atoms with Crippen molar-refractivity contribution in [3.63, 3.8) is 0 Å². The number of benzene rings is 2. The Morgan fingerprint density at radius 1 is 1.23 bits per heavy atom. The van der Waals surface area contributed by atoms with Gasteiger partial charge in [0.2, 0.25) is 0 Å². The molecule has 1 amide bonds. The zero-order valence-electron chi connectivity index (χ0n) is 22.8. The van der Waals surface area contributed by atoms with E-state index in [1.165, 1.54) is 0 Å². The number of allylic oxidation sites excluding steroid dienone is 1. The van der Waals surface area contributed by atoms with Gasteiger partial charge < -0.3 is 30.6 Å². The number of hydrogen-bond donors (Lipinski definition) is 3. The van der Waals surface area contributed by atoms with Crippen LogP contribution in [0.3, 0.4) is 0 Å². The number of nitrogens with one attached hydrogen (secondary N) is 1. The summed E-state index contributed by atoms with van der Waals surface area (Å²) >= 11 is 0. The Hall–Kier alpha value is -3.79. The van der Waals surface area contributed by atoms with Crippen LogP contribution in [0.5, 0.6) is 0 Å². The Morgan fingerprint density at radius 2 is 1.95 bits per heavy atom. The number of aliphatic hydroxyl groups is 1. The van der Waals surface area contributed by atoms with E-state index in [-0.39, 0.29) is 18.9 Å². The van der Waals surface area contributed by atoms with Gasteiger partial charge >= 0.3 is 0 Å². The monoisotopic (exact) mass is 533 g/mol. The van der Waals surface area contributed by atoms with Crippen molar-refractivity contribution in [2.75, 3.05) is 58.4 Å². The highest BCUT2D eigenvalue weighted by Crippen LogP contribution is 2.33. The number of aliphatic hydroxyl groups excluding tert-OH is 1. The molecule has 1 aliphatic rings. The summed E-state index contributed by atoms with van der Waals surface area (Å²) < 4.78 is 5.37. The standard InChI is InChI=1S/C30H39N5O4/c1-22(21-35-14-18-39-19-15-35)30(38)33-26-11-7-8-24(20-26)27(12-16-36)28(23(2)31)29(34(3)13-17-37)32-25-9-5-4-6-10-25/h4-11,16,20,27,37H,1,12-15,17-19,21,31H2,2-3H3,(H,33,38)/b28-23-,32-29?.